The number of carbonyl (C=O) groups excluding carboxylic acids is 1. The van der Waals surface area contributed by atoms with Crippen molar-refractivity contribution in [2.45, 2.75) is 18.9 Å². The topological polar surface area (TPSA) is 75.5 Å². The van der Waals surface area contributed by atoms with Gasteiger partial charge in [-0.2, -0.15) is 0 Å². The standard InChI is InChI=1S/C13H17N3O3.ClH/c1-15(12-5-6-14-9-12)13(17)8-10-3-2-4-11(7-10)16(18)19;/h2-4,7,12,14H,5-6,8-9H2,1H3;1H. The highest BCUT2D eigenvalue weighted by molar-refractivity contribution is 5.85. The third kappa shape index (κ3) is 3.91. The smallest absolute Gasteiger partial charge is 0.269 e. The second-order valence-corrected chi connectivity index (χ2v) is 4.76. The minimum absolute atomic E-state index is 0. The molecule has 6 nitrogen and oxygen atoms in total. The highest BCUT2D eigenvalue weighted by atomic mass is 35.5. The fourth-order valence-electron chi connectivity index (χ4n) is 2.25. The Morgan fingerprint density at radius 1 is 1.55 bits per heavy atom. The summed E-state index contributed by atoms with van der Waals surface area (Å²) in [5.74, 6) is -0.00537. The van der Waals surface area contributed by atoms with Crippen LogP contribution in [0, 0.1) is 10.1 Å². The van der Waals surface area contributed by atoms with Gasteiger partial charge in [0.05, 0.1) is 11.3 Å². The molecule has 0 spiro atoms. The molecule has 0 aliphatic carbocycles. The van der Waals surface area contributed by atoms with Crippen molar-refractivity contribution >= 4 is 24.0 Å². The number of hydrogen-bond acceptors (Lipinski definition) is 4. The van der Waals surface area contributed by atoms with E-state index >= 15 is 0 Å². The highest BCUT2D eigenvalue weighted by Gasteiger charge is 2.23. The molecule has 1 aliphatic heterocycles. The van der Waals surface area contributed by atoms with E-state index in [9.17, 15) is 14.9 Å². The number of carbonyl (C=O) groups is 1. The van der Waals surface area contributed by atoms with Crippen LogP contribution in [0.3, 0.4) is 0 Å². The van der Waals surface area contributed by atoms with Crippen LogP contribution in [0.15, 0.2) is 24.3 Å². The summed E-state index contributed by atoms with van der Waals surface area (Å²) in [5, 5.41) is 13.9. The number of likely N-dealkylation sites (N-methyl/N-ethyl adjacent to an activating group) is 1. The van der Waals surface area contributed by atoms with Gasteiger partial charge in [0.25, 0.3) is 5.69 Å². The van der Waals surface area contributed by atoms with Gasteiger partial charge in [-0.05, 0) is 18.5 Å². The third-order valence-corrected chi connectivity index (χ3v) is 3.45. The minimum atomic E-state index is -0.446. The van der Waals surface area contributed by atoms with Gasteiger partial charge in [-0.3, -0.25) is 14.9 Å². The molecule has 1 aromatic carbocycles. The predicted octanol–water partition coefficient (Wildman–Crippen LogP) is 1.38. The van der Waals surface area contributed by atoms with Gasteiger partial charge in [0, 0.05) is 31.8 Å². The van der Waals surface area contributed by atoms with E-state index in [1.165, 1.54) is 12.1 Å². The zero-order valence-corrected chi connectivity index (χ0v) is 12.1. The lowest BCUT2D eigenvalue weighted by Gasteiger charge is -2.23. The van der Waals surface area contributed by atoms with E-state index in [0.29, 0.717) is 5.56 Å². The molecule has 0 saturated carbocycles. The fourth-order valence-corrected chi connectivity index (χ4v) is 2.25. The maximum atomic E-state index is 12.1. The molecule has 2 rings (SSSR count). The molecule has 1 aliphatic rings. The quantitative estimate of drug-likeness (QED) is 0.673. The van der Waals surface area contributed by atoms with Gasteiger partial charge in [0.15, 0.2) is 0 Å². The molecule has 0 aromatic heterocycles. The Bertz CT molecular complexity index is 490. The van der Waals surface area contributed by atoms with Crippen molar-refractivity contribution in [3.8, 4) is 0 Å². The molecule has 0 bridgehead atoms. The number of nitro benzene ring substituents is 1. The van der Waals surface area contributed by atoms with Crippen molar-refractivity contribution in [2.75, 3.05) is 20.1 Å². The van der Waals surface area contributed by atoms with E-state index in [2.05, 4.69) is 5.32 Å². The lowest BCUT2D eigenvalue weighted by molar-refractivity contribution is -0.384. The van der Waals surface area contributed by atoms with E-state index in [4.69, 9.17) is 0 Å². The van der Waals surface area contributed by atoms with Crippen LogP contribution in [0.4, 0.5) is 5.69 Å². The number of nitrogens with zero attached hydrogens (tertiary/aromatic N) is 2. The van der Waals surface area contributed by atoms with Crippen LogP contribution in [0.25, 0.3) is 0 Å². The molecule has 1 heterocycles. The maximum absolute atomic E-state index is 12.1. The summed E-state index contributed by atoms with van der Waals surface area (Å²) < 4.78 is 0. The van der Waals surface area contributed by atoms with E-state index in [1.54, 1.807) is 24.1 Å². The predicted molar refractivity (Wildman–Crippen MR) is 78.1 cm³/mol. The number of nitrogens with one attached hydrogen (secondary N) is 1. The minimum Gasteiger partial charge on any atom is -0.341 e. The summed E-state index contributed by atoms with van der Waals surface area (Å²) in [7, 11) is 1.79. The molecule has 0 radical (unpaired) electrons. The van der Waals surface area contributed by atoms with Crippen LogP contribution in [0.5, 0.6) is 0 Å². The zero-order valence-electron chi connectivity index (χ0n) is 11.2. The van der Waals surface area contributed by atoms with Gasteiger partial charge in [0.1, 0.15) is 0 Å². The van der Waals surface area contributed by atoms with Crippen LogP contribution < -0.4 is 5.32 Å². The number of benzene rings is 1. The summed E-state index contributed by atoms with van der Waals surface area (Å²) in [6.07, 6.45) is 1.16. The second kappa shape index (κ2) is 7.21. The lowest BCUT2D eigenvalue weighted by Crippen LogP contribution is -2.39. The first-order chi connectivity index (χ1) is 9.08. The van der Waals surface area contributed by atoms with Crippen LogP contribution >= 0.6 is 12.4 Å². The highest BCUT2D eigenvalue weighted by Crippen LogP contribution is 2.15. The molecule has 1 N–H and O–H groups in total. The molecule has 1 aromatic rings. The number of amides is 1. The van der Waals surface area contributed by atoms with Crippen LogP contribution in [-0.4, -0.2) is 41.9 Å². The van der Waals surface area contributed by atoms with Gasteiger partial charge < -0.3 is 10.2 Å². The van der Waals surface area contributed by atoms with Crippen LogP contribution in [-0.2, 0) is 11.2 Å². The Morgan fingerprint density at radius 2 is 2.30 bits per heavy atom. The lowest BCUT2D eigenvalue weighted by atomic mass is 10.1. The van der Waals surface area contributed by atoms with Crippen molar-refractivity contribution < 1.29 is 9.72 Å². The van der Waals surface area contributed by atoms with Gasteiger partial charge >= 0.3 is 0 Å². The van der Waals surface area contributed by atoms with E-state index in [0.717, 1.165) is 19.5 Å². The van der Waals surface area contributed by atoms with Crippen molar-refractivity contribution in [1.82, 2.24) is 10.2 Å². The molecular formula is C13H18ClN3O3. The number of hydrogen-bond donors (Lipinski definition) is 1. The molecule has 7 heteroatoms. The summed E-state index contributed by atoms with van der Waals surface area (Å²) in [4.78, 5) is 24.1. The largest absolute Gasteiger partial charge is 0.341 e. The Hall–Kier alpha value is -1.66. The van der Waals surface area contributed by atoms with E-state index in [1.807, 2.05) is 0 Å². The molecule has 20 heavy (non-hydrogen) atoms. The summed E-state index contributed by atoms with van der Waals surface area (Å²) in [5.41, 5.74) is 0.701. The van der Waals surface area contributed by atoms with E-state index < -0.39 is 4.92 Å². The summed E-state index contributed by atoms with van der Waals surface area (Å²) in [6.45, 7) is 1.75. The van der Waals surface area contributed by atoms with Gasteiger partial charge in [-0.25, -0.2) is 0 Å². The molecule has 110 valence electrons. The van der Waals surface area contributed by atoms with Crippen LogP contribution in [0.2, 0.25) is 0 Å². The zero-order chi connectivity index (χ0) is 13.8. The van der Waals surface area contributed by atoms with Crippen LogP contribution in [0.1, 0.15) is 12.0 Å². The number of non-ortho nitro benzene ring substituents is 1. The van der Waals surface area contributed by atoms with Crippen molar-refractivity contribution in [1.29, 1.82) is 0 Å². The number of nitro groups is 1. The summed E-state index contributed by atoms with van der Waals surface area (Å²) >= 11 is 0. The SMILES string of the molecule is CN(C(=O)Cc1cccc([N+](=O)[O-])c1)C1CCNC1.Cl. The molecular weight excluding hydrogens is 282 g/mol. The summed E-state index contributed by atoms with van der Waals surface area (Å²) in [6, 6.07) is 6.46. The second-order valence-electron chi connectivity index (χ2n) is 4.76. The maximum Gasteiger partial charge on any atom is 0.269 e. The van der Waals surface area contributed by atoms with Gasteiger partial charge in [-0.1, -0.05) is 12.1 Å². The van der Waals surface area contributed by atoms with E-state index in [-0.39, 0.29) is 36.5 Å². The first kappa shape index (κ1) is 16.4. The monoisotopic (exact) mass is 299 g/mol. The van der Waals surface area contributed by atoms with Crippen molar-refractivity contribution in [3.05, 3.63) is 39.9 Å². The number of halogens is 1. The van der Waals surface area contributed by atoms with Gasteiger partial charge in [-0.15, -0.1) is 12.4 Å². The average molecular weight is 300 g/mol. The third-order valence-electron chi connectivity index (χ3n) is 3.45. The Labute approximate surface area is 123 Å². The molecule has 1 amide bonds. The average Bonchev–Trinajstić information content (AvgIpc) is 2.92. The molecule has 1 saturated heterocycles. The molecule has 1 fully saturated rings. The van der Waals surface area contributed by atoms with Crippen molar-refractivity contribution in [3.63, 3.8) is 0 Å². The Balaban J connectivity index is 0.00000200. The Kier molecular flexibility index (Phi) is 5.91. The fraction of sp³-hybridized carbons (Fsp3) is 0.462. The molecule has 1 atom stereocenters. The van der Waals surface area contributed by atoms with Crippen molar-refractivity contribution in [2.24, 2.45) is 0 Å². The molecule has 1 unspecified atom stereocenters. The first-order valence-corrected chi connectivity index (χ1v) is 6.27. The normalized spacial score (nSPS) is 17.4. The number of rotatable bonds is 4. The first-order valence-electron chi connectivity index (χ1n) is 6.27. The van der Waals surface area contributed by atoms with Gasteiger partial charge in [0.2, 0.25) is 5.91 Å². The Morgan fingerprint density at radius 3 is 2.90 bits per heavy atom.